The molecule has 1 heterocycles. The van der Waals surface area contributed by atoms with Gasteiger partial charge in [-0.05, 0) is 37.1 Å². The summed E-state index contributed by atoms with van der Waals surface area (Å²) in [6, 6.07) is 5.35. The molecule has 0 saturated carbocycles. The van der Waals surface area contributed by atoms with Crippen LogP contribution < -0.4 is 16.0 Å². The van der Waals surface area contributed by atoms with Crippen molar-refractivity contribution in [3.63, 3.8) is 0 Å². The average molecular weight is 279 g/mol. The van der Waals surface area contributed by atoms with Crippen LogP contribution in [0.25, 0.3) is 0 Å². The van der Waals surface area contributed by atoms with Crippen LogP contribution in [0.5, 0.6) is 0 Å². The van der Waals surface area contributed by atoms with Gasteiger partial charge in [-0.15, -0.1) is 0 Å². The van der Waals surface area contributed by atoms with E-state index in [0.717, 1.165) is 12.1 Å². The van der Waals surface area contributed by atoms with Crippen LogP contribution in [0, 0.1) is 11.7 Å². The van der Waals surface area contributed by atoms with E-state index < -0.39 is 0 Å². The molecule has 2 rings (SSSR count). The second-order valence-electron chi connectivity index (χ2n) is 5.23. The predicted molar refractivity (Wildman–Crippen MR) is 77.9 cm³/mol. The molecule has 0 atom stereocenters. The molecule has 0 aromatic heterocycles. The quantitative estimate of drug-likeness (QED) is 0.861. The van der Waals surface area contributed by atoms with Gasteiger partial charge in [0, 0.05) is 25.6 Å². The van der Waals surface area contributed by atoms with E-state index in [4.69, 9.17) is 5.73 Å². The summed E-state index contributed by atoms with van der Waals surface area (Å²) in [4.78, 5) is 13.1. The first-order valence-corrected chi connectivity index (χ1v) is 7.15. The van der Waals surface area contributed by atoms with E-state index in [1.165, 1.54) is 0 Å². The van der Waals surface area contributed by atoms with Crippen molar-refractivity contribution in [2.45, 2.75) is 26.3 Å². The molecule has 0 radical (unpaired) electrons. The summed E-state index contributed by atoms with van der Waals surface area (Å²) >= 11 is 0. The Morgan fingerprint density at radius 3 is 2.70 bits per heavy atom. The smallest absolute Gasteiger partial charge is 0.220 e. The number of hydrogen-bond acceptors (Lipinski definition) is 3. The van der Waals surface area contributed by atoms with E-state index in [1.54, 1.807) is 6.07 Å². The Balaban J connectivity index is 2.01. The van der Waals surface area contributed by atoms with Crippen LogP contribution in [0.3, 0.4) is 0 Å². The molecule has 0 bridgehead atoms. The lowest BCUT2D eigenvalue weighted by Crippen LogP contribution is -2.38. The zero-order valence-corrected chi connectivity index (χ0v) is 11.9. The lowest BCUT2D eigenvalue weighted by atomic mass is 9.96. The molecule has 0 aliphatic carbocycles. The van der Waals surface area contributed by atoms with Gasteiger partial charge in [0.15, 0.2) is 0 Å². The van der Waals surface area contributed by atoms with Crippen LogP contribution in [0.1, 0.15) is 25.3 Å². The lowest BCUT2D eigenvalue weighted by Gasteiger charge is -2.32. The van der Waals surface area contributed by atoms with Crippen molar-refractivity contribution in [1.82, 2.24) is 5.32 Å². The molecule has 1 amide bonds. The molecule has 0 spiro atoms. The van der Waals surface area contributed by atoms with Crippen LogP contribution >= 0.6 is 0 Å². The van der Waals surface area contributed by atoms with Crippen molar-refractivity contribution in [2.75, 3.05) is 24.5 Å². The summed E-state index contributed by atoms with van der Waals surface area (Å²) in [5.74, 6) is -0.508. The molecule has 0 unspecified atom stereocenters. The summed E-state index contributed by atoms with van der Waals surface area (Å²) in [6.07, 6.45) is 1.40. The number of piperidine rings is 1. The molecular weight excluding hydrogens is 257 g/mol. The van der Waals surface area contributed by atoms with Crippen LogP contribution in [0.15, 0.2) is 18.2 Å². The Labute approximate surface area is 119 Å². The number of rotatable bonds is 5. The highest BCUT2D eigenvalue weighted by atomic mass is 19.1. The summed E-state index contributed by atoms with van der Waals surface area (Å²) in [6.45, 7) is 4.92. The highest BCUT2D eigenvalue weighted by Gasteiger charge is 2.24. The number of nitrogens with zero attached hydrogens (tertiary/aromatic N) is 1. The molecule has 5 heteroatoms. The number of carbonyl (C=O) groups is 1. The van der Waals surface area contributed by atoms with Crippen molar-refractivity contribution in [3.05, 3.63) is 29.6 Å². The van der Waals surface area contributed by atoms with E-state index >= 15 is 0 Å². The maximum absolute atomic E-state index is 14.2. The molecule has 1 fully saturated rings. The number of anilines is 1. The first-order valence-electron chi connectivity index (χ1n) is 7.15. The minimum atomic E-state index is -0.244. The third-order valence-electron chi connectivity index (χ3n) is 3.83. The predicted octanol–water partition coefficient (Wildman–Crippen LogP) is 1.64. The van der Waals surface area contributed by atoms with Gasteiger partial charge >= 0.3 is 0 Å². The molecule has 1 saturated heterocycles. The minimum absolute atomic E-state index is 0.0673. The molecule has 1 aromatic carbocycles. The van der Waals surface area contributed by atoms with Crippen LogP contribution in [-0.2, 0) is 11.3 Å². The fraction of sp³-hybridized carbons (Fsp3) is 0.533. The highest BCUT2D eigenvalue weighted by Crippen LogP contribution is 2.26. The number of nitrogens with two attached hydrogens (primary N) is 1. The minimum Gasteiger partial charge on any atom is -0.369 e. The summed E-state index contributed by atoms with van der Waals surface area (Å²) in [5.41, 5.74) is 6.87. The van der Waals surface area contributed by atoms with Gasteiger partial charge in [0.25, 0.3) is 0 Å². The van der Waals surface area contributed by atoms with Gasteiger partial charge in [-0.3, -0.25) is 4.79 Å². The highest BCUT2D eigenvalue weighted by molar-refractivity contribution is 5.77. The summed E-state index contributed by atoms with van der Waals surface area (Å²) < 4.78 is 14.2. The number of nitrogens with one attached hydrogen (secondary N) is 1. The number of benzene rings is 1. The molecule has 110 valence electrons. The molecular formula is C15H22FN3O. The third kappa shape index (κ3) is 3.48. The van der Waals surface area contributed by atoms with Gasteiger partial charge in [0.2, 0.25) is 5.91 Å². The van der Waals surface area contributed by atoms with Crippen molar-refractivity contribution >= 4 is 11.6 Å². The van der Waals surface area contributed by atoms with Gasteiger partial charge in [0.1, 0.15) is 5.82 Å². The first-order chi connectivity index (χ1) is 9.61. The second kappa shape index (κ2) is 6.70. The standard InChI is InChI=1S/C15H22FN3O/c1-2-18-10-11-3-4-14(13(16)9-11)19-7-5-12(6-8-19)15(17)20/h3-4,9,12,18H,2,5-8,10H2,1H3,(H2,17,20). The van der Waals surface area contributed by atoms with Crippen LogP contribution in [0.2, 0.25) is 0 Å². The van der Waals surface area contributed by atoms with Gasteiger partial charge < -0.3 is 16.0 Å². The molecule has 20 heavy (non-hydrogen) atoms. The molecule has 4 nitrogen and oxygen atoms in total. The van der Waals surface area contributed by atoms with Crippen LogP contribution in [-0.4, -0.2) is 25.5 Å². The van der Waals surface area contributed by atoms with E-state index in [2.05, 4.69) is 5.32 Å². The zero-order chi connectivity index (χ0) is 14.5. The van der Waals surface area contributed by atoms with Gasteiger partial charge in [0.05, 0.1) is 5.69 Å². The fourth-order valence-electron chi connectivity index (χ4n) is 2.59. The summed E-state index contributed by atoms with van der Waals surface area (Å²) in [7, 11) is 0. The second-order valence-corrected chi connectivity index (χ2v) is 5.23. The maximum atomic E-state index is 14.2. The van der Waals surface area contributed by atoms with Crippen LogP contribution in [0.4, 0.5) is 10.1 Å². The Hall–Kier alpha value is -1.62. The molecule has 1 aliphatic heterocycles. The molecule has 1 aromatic rings. The van der Waals surface area contributed by atoms with Crippen molar-refractivity contribution in [3.8, 4) is 0 Å². The van der Waals surface area contributed by atoms with Gasteiger partial charge in [-0.1, -0.05) is 13.0 Å². The Morgan fingerprint density at radius 1 is 1.45 bits per heavy atom. The Morgan fingerprint density at radius 2 is 2.15 bits per heavy atom. The van der Waals surface area contributed by atoms with Gasteiger partial charge in [-0.2, -0.15) is 0 Å². The van der Waals surface area contributed by atoms with E-state index in [9.17, 15) is 9.18 Å². The SMILES string of the molecule is CCNCc1ccc(N2CCC(C(N)=O)CC2)c(F)c1. The maximum Gasteiger partial charge on any atom is 0.220 e. The number of carbonyl (C=O) groups excluding carboxylic acids is 1. The Kier molecular flexibility index (Phi) is 4.95. The van der Waals surface area contributed by atoms with Crippen molar-refractivity contribution in [1.29, 1.82) is 0 Å². The number of primary amides is 1. The fourth-order valence-corrected chi connectivity index (χ4v) is 2.59. The van der Waals surface area contributed by atoms with Gasteiger partial charge in [-0.25, -0.2) is 4.39 Å². The summed E-state index contributed by atoms with van der Waals surface area (Å²) in [5, 5.41) is 3.18. The van der Waals surface area contributed by atoms with E-state index in [-0.39, 0.29) is 17.6 Å². The monoisotopic (exact) mass is 279 g/mol. The Bertz CT molecular complexity index is 470. The topological polar surface area (TPSA) is 58.4 Å². The molecule has 3 N–H and O–H groups in total. The lowest BCUT2D eigenvalue weighted by molar-refractivity contribution is -0.122. The van der Waals surface area contributed by atoms with Crippen molar-refractivity contribution in [2.24, 2.45) is 11.7 Å². The third-order valence-corrected chi connectivity index (χ3v) is 3.83. The first kappa shape index (κ1) is 14.8. The number of amides is 1. The largest absolute Gasteiger partial charge is 0.369 e. The van der Waals surface area contributed by atoms with E-state index in [1.807, 2.05) is 24.0 Å². The number of halogens is 1. The normalized spacial score (nSPS) is 16.4. The van der Waals surface area contributed by atoms with Crippen molar-refractivity contribution < 1.29 is 9.18 Å². The van der Waals surface area contributed by atoms with E-state index in [0.29, 0.717) is 38.2 Å². The number of hydrogen-bond donors (Lipinski definition) is 2. The molecule has 1 aliphatic rings. The average Bonchev–Trinajstić information content (AvgIpc) is 2.45. The zero-order valence-electron chi connectivity index (χ0n) is 11.9.